The number of hydrogen-bond donors (Lipinski definition) is 0. The molecule has 2 rings (SSSR count). The summed E-state index contributed by atoms with van der Waals surface area (Å²) in [6.45, 7) is 6.24. The van der Waals surface area contributed by atoms with E-state index in [1.165, 1.54) is 0 Å². The third-order valence-corrected chi connectivity index (χ3v) is 3.91. The average molecular weight is 341 g/mol. The van der Waals surface area contributed by atoms with Gasteiger partial charge in [-0.3, -0.25) is 4.79 Å². The number of carbonyl (C=O) groups is 2. The van der Waals surface area contributed by atoms with Gasteiger partial charge >= 0.3 is 5.97 Å². The molecule has 0 aliphatic rings. The van der Waals surface area contributed by atoms with E-state index in [-0.39, 0.29) is 12.5 Å². The van der Waals surface area contributed by atoms with Gasteiger partial charge in [-0.15, -0.1) is 0 Å². The molecular weight excluding hydrogens is 318 g/mol. The molecule has 2 aromatic rings. The van der Waals surface area contributed by atoms with E-state index in [2.05, 4.69) is 0 Å². The molecular formula is C20H23NO4. The van der Waals surface area contributed by atoms with Gasteiger partial charge in [0, 0.05) is 12.1 Å². The van der Waals surface area contributed by atoms with Crippen LogP contribution in [0.2, 0.25) is 0 Å². The van der Waals surface area contributed by atoms with Crippen LogP contribution in [0.4, 0.5) is 5.69 Å². The zero-order valence-electron chi connectivity index (χ0n) is 15.0. The van der Waals surface area contributed by atoms with Gasteiger partial charge in [0.1, 0.15) is 5.75 Å². The van der Waals surface area contributed by atoms with Gasteiger partial charge in [0.2, 0.25) is 0 Å². The molecule has 5 nitrogen and oxygen atoms in total. The maximum atomic E-state index is 13.0. The smallest absolute Gasteiger partial charge is 0.340 e. The number of methoxy groups -OCH3 is 1. The van der Waals surface area contributed by atoms with Crippen LogP contribution in [-0.2, 0) is 4.74 Å². The van der Waals surface area contributed by atoms with Crippen molar-refractivity contribution < 1.29 is 19.1 Å². The Balaban J connectivity index is 2.43. The third-order valence-electron chi connectivity index (χ3n) is 3.91. The lowest BCUT2D eigenvalue weighted by Gasteiger charge is -2.23. The fourth-order valence-electron chi connectivity index (χ4n) is 2.62. The normalized spacial score (nSPS) is 10.2. The number of anilines is 1. The Labute approximate surface area is 148 Å². The first kappa shape index (κ1) is 18.5. The van der Waals surface area contributed by atoms with Crippen molar-refractivity contribution in [2.24, 2.45) is 0 Å². The van der Waals surface area contributed by atoms with E-state index in [0.29, 0.717) is 29.1 Å². The Morgan fingerprint density at radius 2 is 1.80 bits per heavy atom. The second-order valence-corrected chi connectivity index (χ2v) is 5.47. The third kappa shape index (κ3) is 3.99. The molecule has 132 valence electrons. The molecule has 0 spiro atoms. The van der Waals surface area contributed by atoms with Crippen LogP contribution in [0.1, 0.15) is 40.1 Å². The second kappa shape index (κ2) is 8.33. The van der Waals surface area contributed by atoms with Crippen molar-refractivity contribution >= 4 is 17.6 Å². The number of para-hydroxylation sites is 1. The highest BCUT2D eigenvalue weighted by Gasteiger charge is 2.22. The molecule has 0 heterocycles. The molecule has 0 unspecified atom stereocenters. The summed E-state index contributed by atoms with van der Waals surface area (Å²) in [5, 5.41) is 0. The molecule has 0 aromatic heterocycles. The highest BCUT2D eigenvalue weighted by atomic mass is 16.5. The molecule has 0 fully saturated rings. The average Bonchev–Trinajstić information content (AvgIpc) is 2.63. The molecule has 0 saturated carbocycles. The lowest BCUT2D eigenvalue weighted by molar-refractivity contribution is 0.0527. The fourth-order valence-corrected chi connectivity index (χ4v) is 2.62. The van der Waals surface area contributed by atoms with Gasteiger partial charge in [-0.2, -0.15) is 0 Å². The van der Waals surface area contributed by atoms with Crippen molar-refractivity contribution in [3.63, 3.8) is 0 Å². The molecule has 0 bridgehead atoms. The van der Waals surface area contributed by atoms with Gasteiger partial charge in [0.15, 0.2) is 0 Å². The maximum absolute atomic E-state index is 13.0. The van der Waals surface area contributed by atoms with Gasteiger partial charge in [0.25, 0.3) is 5.91 Å². The number of ether oxygens (including phenoxy) is 2. The number of benzene rings is 2. The number of hydrogen-bond acceptors (Lipinski definition) is 4. The number of esters is 1. The molecule has 1 amide bonds. The van der Waals surface area contributed by atoms with E-state index in [1.807, 2.05) is 19.9 Å². The van der Waals surface area contributed by atoms with Crippen molar-refractivity contribution in [2.75, 3.05) is 25.2 Å². The predicted octanol–water partition coefficient (Wildman–Crippen LogP) is 3.85. The molecule has 25 heavy (non-hydrogen) atoms. The number of aryl methyl sites for hydroxylation is 1. The van der Waals surface area contributed by atoms with Crippen molar-refractivity contribution in [3.05, 3.63) is 59.2 Å². The number of amides is 1. The predicted molar refractivity (Wildman–Crippen MR) is 97.5 cm³/mol. The Morgan fingerprint density at radius 3 is 2.44 bits per heavy atom. The van der Waals surface area contributed by atoms with Gasteiger partial charge in [0.05, 0.1) is 25.0 Å². The molecule has 0 radical (unpaired) electrons. The molecule has 0 aliphatic heterocycles. The monoisotopic (exact) mass is 341 g/mol. The van der Waals surface area contributed by atoms with Crippen LogP contribution in [0.15, 0.2) is 42.5 Å². The standard InChI is InChI=1S/C20H23NO4/c1-5-21(17-10-8-7-9-16(17)20(23)25-6-2)19(22)15-12-11-14(3)18(13-15)24-4/h7-13H,5-6H2,1-4H3. The molecule has 0 N–H and O–H groups in total. The zero-order valence-corrected chi connectivity index (χ0v) is 15.0. The SMILES string of the molecule is CCOC(=O)c1ccccc1N(CC)C(=O)c1ccc(C)c(OC)c1. The lowest BCUT2D eigenvalue weighted by atomic mass is 10.1. The van der Waals surface area contributed by atoms with Crippen LogP contribution < -0.4 is 9.64 Å². The Bertz CT molecular complexity index is 770. The number of carbonyl (C=O) groups excluding carboxylic acids is 2. The molecule has 0 saturated heterocycles. The van der Waals surface area contributed by atoms with Crippen molar-refractivity contribution in [1.82, 2.24) is 0 Å². The second-order valence-electron chi connectivity index (χ2n) is 5.47. The van der Waals surface area contributed by atoms with Crippen molar-refractivity contribution in [3.8, 4) is 5.75 Å². The number of nitrogens with zero attached hydrogens (tertiary/aromatic N) is 1. The molecule has 2 aromatic carbocycles. The summed E-state index contributed by atoms with van der Waals surface area (Å²) >= 11 is 0. The molecule has 5 heteroatoms. The fraction of sp³-hybridized carbons (Fsp3) is 0.300. The highest BCUT2D eigenvalue weighted by molar-refractivity contribution is 6.09. The van der Waals surface area contributed by atoms with Crippen LogP contribution >= 0.6 is 0 Å². The van der Waals surface area contributed by atoms with E-state index in [1.54, 1.807) is 55.3 Å². The minimum Gasteiger partial charge on any atom is -0.496 e. The minimum absolute atomic E-state index is 0.197. The summed E-state index contributed by atoms with van der Waals surface area (Å²) in [7, 11) is 1.57. The van der Waals surface area contributed by atoms with Crippen molar-refractivity contribution in [1.29, 1.82) is 0 Å². The largest absolute Gasteiger partial charge is 0.496 e. The van der Waals surface area contributed by atoms with Crippen LogP contribution in [-0.4, -0.2) is 32.1 Å². The Kier molecular flexibility index (Phi) is 6.17. The Hall–Kier alpha value is -2.82. The highest BCUT2D eigenvalue weighted by Crippen LogP contribution is 2.25. The van der Waals surface area contributed by atoms with E-state index < -0.39 is 5.97 Å². The van der Waals surface area contributed by atoms with Crippen molar-refractivity contribution in [2.45, 2.75) is 20.8 Å². The first-order valence-electron chi connectivity index (χ1n) is 8.26. The lowest BCUT2D eigenvalue weighted by Crippen LogP contribution is -2.32. The van der Waals surface area contributed by atoms with Gasteiger partial charge in [-0.25, -0.2) is 4.79 Å². The van der Waals surface area contributed by atoms with E-state index in [0.717, 1.165) is 5.56 Å². The molecule has 0 aliphatic carbocycles. The van der Waals surface area contributed by atoms with E-state index >= 15 is 0 Å². The van der Waals surface area contributed by atoms with Crippen LogP contribution in [0.25, 0.3) is 0 Å². The zero-order chi connectivity index (χ0) is 18.4. The summed E-state index contributed by atoms with van der Waals surface area (Å²) < 4.78 is 10.4. The number of rotatable bonds is 6. The van der Waals surface area contributed by atoms with Gasteiger partial charge < -0.3 is 14.4 Å². The first-order valence-corrected chi connectivity index (χ1v) is 8.26. The summed E-state index contributed by atoms with van der Waals surface area (Å²) in [4.78, 5) is 26.8. The minimum atomic E-state index is -0.439. The van der Waals surface area contributed by atoms with Crippen LogP contribution in [0, 0.1) is 6.92 Å². The van der Waals surface area contributed by atoms with E-state index in [4.69, 9.17) is 9.47 Å². The van der Waals surface area contributed by atoms with Gasteiger partial charge in [-0.1, -0.05) is 18.2 Å². The molecule has 0 atom stereocenters. The maximum Gasteiger partial charge on any atom is 0.340 e. The summed E-state index contributed by atoms with van der Waals surface area (Å²) in [5.41, 5.74) is 2.36. The van der Waals surface area contributed by atoms with Crippen LogP contribution in [0.3, 0.4) is 0 Å². The van der Waals surface area contributed by atoms with Crippen LogP contribution in [0.5, 0.6) is 5.75 Å². The van der Waals surface area contributed by atoms with Gasteiger partial charge in [-0.05, 0) is 50.6 Å². The summed E-state index contributed by atoms with van der Waals surface area (Å²) in [6, 6.07) is 12.3. The summed E-state index contributed by atoms with van der Waals surface area (Å²) in [5.74, 6) is 0.0176. The topological polar surface area (TPSA) is 55.8 Å². The quantitative estimate of drug-likeness (QED) is 0.749. The summed E-state index contributed by atoms with van der Waals surface area (Å²) in [6.07, 6.45) is 0. The Morgan fingerprint density at radius 1 is 1.08 bits per heavy atom. The van der Waals surface area contributed by atoms with E-state index in [9.17, 15) is 9.59 Å². The first-order chi connectivity index (χ1) is 12.0.